The Kier molecular flexibility index (Phi) is 5.22. The van der Waals surface area contributed by atoms with Crippen molar-refractivity contribution in [3.8, 4) is 0 Å². The molecule has 0 saturated carbocycles. The second-order valence-corrected chi connectivity index (χ2v) is 5.58. The summed E-state index contributed by atoms with van der Waals surface area (Å²) in [6.07, 6.45) is 0. The predicted molar refractivity (Wildman–Crippen MR) is 89.2 cm³/mol. The molecule has 2 heterocycles. The molecule has 0 unspecified atom stereocenters. The molecule has 7 heteroatoms. The Morgan fingerprint density at radius 2 is 2.00 bits per heavy atom. The van der Waals surface area contributed by atoms with Crippen LogP contribution in [0.2, 0.25) is 0 Å². The van der Waals surface area contributed by atoms with Crippen LogP contribution in [0.25, 0.3) is 11.0 Å². The van der Waals surface area contributed by atoms with Gasteiger partial charge in [-0.1, -0.05) is 12.1 Å². The lowest BCUT2D eigenvalue weighted by Crippen LogP contribution is -2.40. The van der Waals surface area contributed by atoms with Crippen LogP contribution in [0, 0.1) is 0 Å². The summed E-state index contributed by atoms with van der Waals surface area (Å²) in [5.74, 6) is -0.673. The summed E-state index contributed by atoms with van der Waals surface area (Å²) in [6.45, 7) is 6.25. The number of para-hydroxylation sites is 2. The molecule has 3 rings (SSSR count). The van der Waals surface area contributed by atoms with E-state index in [2.05, 4.69) is 9.88 Å². The first-order chi connectivity index (χ1) is 11.7. The number of carbonyl (C=O) groups is 1. The van der Waals surface area contributed by atoms with Crippen LogP contribution in [-0.2, 0) is 16.0 Å². The summed E-state index contributed by atoms with van der Waals surface area (Å²) >= 11 is 0. The van der Waals surface area contributed by atoms with E-state index in [4.69, 9.17) is 9.47 Å². The maximum absolute atomic E-state index is 12.7. The van der Waals surface area contributed by atoms with Gasteiger partial charge >= 0.3 is 5.97 Å². The van der Waals surface area contributed by atoms with Crippen molar-refractivity contribution in [3.63, 3.8) is 0 Å². The van der Waals surface area contributed by atoms with E-state index in [1.807, 2.05) is 18.2 Å². The van der Waals surface area contributed by atoms with E-state index in [0.717, 1.165) is 25.2 Å². The summed E-state index contributed by atoms with van der Waals surface area (Å²) in [5.41, 5.74) is 0.781. The number of hydrogen-bond donors (Lipinski definition) is 0. The molecule has 0 spiro atoms. The molecule has 1 saturated heterocycles. The molecule has 0 bridgehead atoms. The smallest absolute Gasteiger partial charge is 0.362 e. The fourth-order valence-electron chi connectivity index (χ4n) is 2.81. The highest BCUT2D eigenvalue weighted by Crippen LogP contribution is 2.11. The summed E-state index contributed by atoms with van der Waals surface area (Å²) in [6, 6.07) is 7.33. The summed E-state index contributed by atoms with van der Waals surface area (Å²) < 4.78 is 11.9. The van der Waals surface area contributed by atoms with Crippen molar-refractivity contribution in [1.82, 2.24) is 14.5 Å². The highest BCUT2D eigenvalue weighted by molar-refractivity contribution is 5.89. The zero-order valence-corrected chi connectivity index (χ0v) is 13.7. The third-order valence-corrected chi connectivity index (χ3v) is 4.06. The van der Waals surface area contributed by atoms with Gasteiger partial charge in [-0.25, -0.2) is 9.78 Å². The minimum absolute atomic E-state index is 0.155. The molecule has 0 aliphatic carbocycles. The molecule has 1 aromatic heterocycles. The molecule has 0 atom stereocenters. The Morgan fingerprint density at radius 1 is 1.25 bits per heavy atom. The maximum Gasteiger partial charge on any atom is 0.362 e. The molecular weight excluding hydrogens is 310 g/mol. The Labute approximate surface area is 139 Å². The molecule has 1 aromatic carbocycles. The van der Waals surface area contributed by atoms with Crippen LogP contribution in [0.1, 0.15) is 17.4 Å². The molecule has 128 valence electrons. The van der Waals surface area contributed by atoms with Crippen LogP contribution >= 0.6 is 0 Å². The average molecular weight is 331 g/mol. The molecule has 2 aromatic rings. The monoisotopic (exact) mass is 331 g/mol. The number of morpholine rings is 1. The number of aromatic nitrogens is 2. The first kappa shape index (κ1) is 16.6. The Hall–Kier alpha value is -2.25. The van der Waals surface area contributed by atoms with Crippen LogP contribution in [0.15, 0.2) is 29.1 Å². The van der Waals surface area contributed by atoms with Gasteiger partial charge in [0, 0.05) is 26.2 Å². The number of hydrogen-bond acceptors (Lipinski definition) is 6. The van der Waals surface area contributed by atoms with Crippen LogP contribution in [0.5, 0.6) is 0 Å². The van der Waals surface area contributed by atoms with Gasteiger partial charge in [0.05, 0.1) is 30.9 Å². The third-order valence-electron chi connectivity index (χ3n) is 4.06. The number of ether oxygens (including phenoxy) is 2. The zero-order chi connectivity index (χ0) is 16.9. The SMILES string of the molecule is CCOC(=O)c1nc2ccccc2n(CCN2CCOCC2)c1=O. The van der Waals surface area contributed by atoms with Gasteiger partial charge in [-0.05, 0) is 19.1 Å². The summed E-state index contributed by atoms with van der Waals surface area (Å²) in [5, 5.41) is 0. The van der Waals surface area contributed by atoms with E-state index < -0.39 is 11.5 Å². The fraction of sp³-hybridized carbons (Fsp3) is 0.471. The first-order valence-corrected chi connectivity index (χ1v) is 8.17. The van der Waals surface area contributed by atoms with E-state index >= 15 is 0 Å². The zero-order valence-electron chi connectivity index (χ0n) is 13.7. The predicted octanol–water partition coefficient (Wildman–Crippen LogP) is 0.905. The molecule has 24 heavy (non-hydrogen) atoms. The molecule has 1 aliphatic rings. The molecular formula is C17H21N3O4. The number of nitrogens with zero attached hydrogens (tertiary/aromatic N) is 3. The molecule has 0 radical (unpaired) electrons. The lowest BCUT2D eigenvalue weighted by molar-refractivity contribution is 0.0364. The highest BCUT2D eigenvalue weighted by Gasteiger charge is 2.19. The molecule has 1 fully saturated rings. The second-order valence-electron chi connectivity index (χ2n) is 5.58. The number of esters is 1. The number of carbonyl (C=O) groups excluding carboxylic acids is 1. The first-order valence-electron chi connectivity index (χ1n) is 8.17. The minimum Gasteiger partial charge on any atom is -0.461 e. The highest BCUT2D eigenvalue weighted by atomic mass is 16.5. The van der Waals surface area contributed by atoms with Crippen molar-refractivity contribution in [1.29, 1.82) is 0 Å². The van der Waals surface area contributed by atoms with Gasteiger partial charge in [0.1, 0.15) is 0 Å². The van der Waals surface area contributed by atoms with Gasteiger partial charge in [-0.2, -0.15) is 0 Å². The fourth-order valence-corrected chi connectivity index (χ4v) is 2.81. The average Bonchev–Trinajstić information content (AvgIpc) is 2.61. The molecule has 7 nitrogen and oxygen atoms in total. The minimum atomic E-state index is -0.673. The topological polar surface area (TPSA) is 73.7 Å². The molecule has 1 aliphatic heterocycles. The van der Waals surface area contributed by atoms with Gasteiger partial charge in [-0.15, -0.1) is 0 Å². The van der Waals surface area contributed by atoms with E-state index in [1.165, 1.54) is 0 Å². The van der Waals surface area contributed by atoms with E-state index in [9.17, 15) is 9.59 Å². The lowest BCUT2D eigenvalue weighted by Gasteiger charge is -2.27. The van der Waals surface area contributed by atoms with Crippen LogP contribution in [0.4, 0.5) is 0 Å². The van der Waals surface area contributed by atoms with Gasteiger partial charge in [0.25, 0.3) is 5.56 Å². The van der Waals surface area contributed by atoms with Gasteiger partial charge < -0.3 is 14.0 Å². The quantitative estimate of drug-likeness (QED) is 0.758. The Bertz CT molecular complexity index is 781. The van der Waals surface area contributed by atoms with Crippen molar-refractivity contribution < 1.29 is 14.3 Å². The van der Waals surface area contributed by atoms with E-state index in [-0.39, 0.29) is 12.3 Å². The third kappa shape index (κ3) is 3.47. The van der Waals surface area contributed by atoms with Crippen LogP contribution in [-0.4, -0.2) is 59.9 Å². The summed E-state index contributed by atoms with van der Waals surface area (Å²) in [7, 11) is 0. The van der Waals surface area contributed by atoms with Crippen molar-refractivity contribution in [2.75, 3.05) is 39.5 Å². The van der Waals surface area contributed by atoms with Crippen molar-refractivity contribution in [2.45, 2.75) is 13.5 Å². The largest absolute Gasteiger partial charge is 0.461 e. The van der Waals surface area contributed by atoms with Crippen molar-refractivity contribution >= 4 is 17.0 Å². The number of fused-ring (bicyclic) bond motifs is 1. The summed E-state index contributed by atoms with van der Waals surface area (Å²) in [4.78, 5) is 31.2. The normalized spacial score (nSPS) is 15.5. The number of benzene rings is 1. The van der Waals surface area contributed by atoms with E-state index in [0.29, 0.717) is 25.3 Å². The van der Waals surface area contributed by atoms with Gasteiger partial charge in [0.15, 0.2) is 0 Å². The van der Waals surface area contributed by atoms with Gasteiger partial charge in [-0.3, -0.25) is 9.69 Å². The second kappa shape index (κ2) is 7.55. The Balaban J connectivity index is 1.95. The maximum atomic E-state index is 12.7. The van der Waals surface area contributed by atoms with Crippen LogP contribution in [0.3, 0.4) is 0 Å². The number of rotatable bonds is 5. The Morgan fingerprint density at radius 3 is 2.75 bits per heavy atom. The van der Waals surface area contributed by atoms with Crippen molar-refractivity contribution in [2.24, 2.45) is 0 Å². The standard InChI is InChI=1S/C17H21N3O4/c1-2-24-17(22)15-16(21)20(8-7-19-9-11-23-12-10-19)14-6-4-3-5-13(14)18-15/h3-6H,2,7-12H2,1H3. The van der Waals surface area contributed by atoms with Crippen LogP contribution < -0.4 is 5.56 Å². The molecule has 0 amide bonds. The lowest BCUT2D eigenvalue weighted by atomic mass is 10.2. The van der Waals surface area contributed by atoms with Gasteiger partial charge in [0.2, 0.25) is 5.69 Å². The van der Waals surface area contributed by atoms with Crippen molar-refractivity contribution in [3.05, 3.63) is 40.3 Å². The van der Waals surface area contributed by atoms with E-state index in [1.54, 1.807) is 17.6 Å². The molecule has 0 N–H and O–H groups in total.